The number of hydrogen-bond acceptors (Lipinski definition) is 3. The van der Waals surface area contributed by atoms with Crippen molar-refractivity contribution < 1.29 is 14.3 Å². The molecular weight excluding hydrogens is 240 g/mol. The van der Waals surface area contributed by atoms with E-state index < -0.39 is 5.79 Å². The third-order valence-electron chi connectivity index (χ3n) is 3.15. The summed E-state index contributed by atoms with van der Waals surface area (Å²) in [5.41, 5.74) is 1.87. The smallest absolute Gasteiger partial charge is 0.305 e. The van der Waals surface area contributed by atoms with Gasteiger partial charge in [0.1, 0.15) is 0 Å². The van der Waals surface area contributed by atoms with Crippen molar-refractivity contribution in [3.05, 3.63) is 71.8 Å². The maximum absolute atomic E-state index is 11.3. The molecule has 2 aromatic carbocycles. The predicted molar refractivity (Wildman–Crippen MR) is 70.2 cm³/mol. The van der Waals surface area contributed by atoms with Crippen molar-refractivity contribution in [3.8, 4) is 0 Å². The van der Waals surface area contributed by atoms with Gasteiger partial charge in [0.2, 0.25) is 0 Å². The number of esters is 1. The van der Waals surface area contributed by atoms with Gasteiger partial charge in [-0.05, 0) is 5.56 Å². The standard InChI is InChI=1S/C16H14O3/c1-12(17)18-16(14-10-6-3-7-11-14)15(19-16)13-8-4-2-5-9-13/h2-11,15H,1H3/t15-,16+/m1/s1. The fourth-order valence-electron chi connectivity index (χ4n) is 2.30. The van der Waals surface area contributed by atoms with Gasteiger partial charge in [0, 0.05) is 12.5 Å². The van der Waals surface area contributed by atoms with E-state index in [1.807, 2.05) is 60.7 Å². The summed E-state index contributed by atoms with van der Waals surface area (Å²) in [5.74, 6) is -1.31. The van der Waals surface area contributed by atoms with E-state index in [0.717, 1.165) is 11.1 Å². The van der Waals surface area contributed by atoms with Crippen molar-refractivity contribution >= 4 is 5.97 Å². The number of epoxide rings is 1. The third kappa shape index (κ3) is 2.13. The lowest BCUT2D eigenvalue weighted by Gasteiger charge is -2.13. The number of benzene rings is 2. The highest BCUT2D eigenvalue weighted by atomic mass is 16.8. The van der Waals surface area contributed by atoms with E-state index in [9.17, 15) is 4.79 Å². The third-order valence-corrected chi connectivity index (χ3v) is 3.15. The van der Waals surface area contributed by atoms with Crippen LogP contribution in [0.3, 0.4) is 0 Å². The van der Waals surface area contributed by atoms with Crippen molar-refractivity contribution in [2.75, 3.05) is 0 Å². The summed E-state index contributed by atoms with van der Waals surface area (Å²) < 4.78 is 11.2. The van der Waals surface area contributed by atoms with Crippen LogP contribution in [0.4, 0.5) is 0 Å². The molecule has 1 aliphatic heterocycles. The number of rotatable bonds is 3. The Hall–Kier alpha value is -2.13. The molecule has 0 radical (unpaired) electrons. The average Bonchev–Trinajstić information content (AvgIpc) is 3.15. The zero-order chi connectivity index (χ0) is 13.3. The summed E-state index contributed by atoms with van der Waals surface area (Å²) in [6.07, 6.45) is -0.236. The van der Waals surface area contributed by atoms with Crippen molar-refractivity contribution in [3.63, 3.8) is 0 Å². The predicted octanol–water partition coefficient (Wildman–Crippen LogP) is 3.17. The highest BCUT2D eigenvalue weighted by Gasteiger charge is 2.62. The fraction of sp³-hybridized carbons (Fsp3) is 0.188. The van der Waals surface area contributed by atoms with Gasteiger partial charge in [-0.15, -0.1) is 0 Å². The minimum atomic E-state index is -0.964. The van der Waals surface area contributed by atoms with Crippen LogP contribution in [-0.2, 0) is 20.1 Å². The zero-order valence-corrected chi connectivity index (χ0v) is 10.6. The molecule has 2 aromatic rings. The molecule has 0 N–H and O–H groups in total. The molecular formula is C16H14O3. The molecule has 2 atom stereocenters. The highest BCUT2D eigenvalue weighted by Crippen LogP contribution is 2.57. The Labute approximate surface area is 111 Å². The van der Waals surface area contributed by atoms with Gasteiger partial charge in [0.05, 0.1) is 0 Å². The summed E-state index contributed by atoms with van der Waals surface area (Å²) in [6, 6.07) is 19.3. The van der Waals surface area contributed by atoms with Crippen LogP contribution < -0.4 is 0 Å². The summed E-state index contributed by atoms with van der Waals surface area (Å²) in [6.45, 7) is 1.40. The monoisotopic (exact) mass is 254 g/mol. The molecule has 0 aliphatic carbocycles. The number of hydrogen-bond donors (Lipinski definition) is 0. The van der Waals surface area contributed by atoms with E-state index in [2.05, 4.69) is 0 Å². The first-order chi connectivity index (χ1) is 9.22. The molecule has 0 spiro atoms. The maximum atomic E-state index is 11.3. The van der Waals surface area contributed by atoms with Crippen LogP contribution in [0.15, 0.2) is 60.7 Å². The lowest BCUT2D eigenvalue weighted by Crippen LogP contribution is -2.18. The largest absolute Gasteiger partial charge is 0.425 e. The second kappa shape index (κ2) is 4.52. The molecule has 3 heteroatoms. The Morgan fingerprint density at radius 2 is 1.63 bits per heavy atom. The first kappa shape index (κ1) is 11.9. The van der Waals surface area contributed by atoms with Crippen LogP contribution in [0, 0.1) is 0 Å². The van der Waals surface area contributed by atoms with Crippen LogP contribution in [0.1, 0.15) is 24.2 Å². The SMILES string of the molecule is CC(=O)O[C@@]1(c2ccccc2)O[C@@H]1c1ccccc1. The number of carbonyl (C=O) groups excluding carboxylic acids is 1. The molecule has 1 heterocycles. The lowest BCUT2D eigenvalue weighted by molar-refractivity contribution is -0.157. The van der Waals surface area contributed by atoms with Gasteiger partial charge in [-0.2, -0.15) is 0 Å². The maximum Gasteiger partial charge on any atom is 0.305 e. The van der Waals surface area contributed by atoms with Gasteiger partial charge in [-0.3, -0.25) is 4.79 Å². The molecule has 1 saturated heterocycles. The molecule has 0 unspecified atom stereocenters. The first-order valence-corrected chi connectivity index (χ1v) is 6.20. The Morgan fingerprint density at radius 1 is 1.05 bits per heavy atom. The van der Waals surface area contributed by atoms with Crippen LogP contribution in [-0.4, -0.2) is 5.97 Å². The van der Waals surface area contributed by atoms with E-state index in [0.29, 0.717) is 0 Å². The molecule has 0 saturated carbocycles. The molecule has 0 aromatic heterocycles. The minimum absolute atomic E-state index is 0.236. The van der Waals surface area contributed by atoms with Crippen LogP contribution in [0.2, 0.25) is 0 Å². The summed E-state index contributed by atoms with van der Waals surface area (Å²) in [4.78, 5) is 11.3. The fourth-order valence-corrected chi connectivity index (χ4v) is 2.30. The van der Waals surface area contributed by atoms with Crippen molar-refractivity contribution in [1.29, 1.82) is 0 Å². The van der Waals surface area contributed by atoms with Gasteiger partial charge in [0.15, 0.2) is 6.10 Å². The first-order valence-electron chi connectivity index (χ1n) is 6.20. The van der Waals surface area contributed by atoms with E-state index in [-0.39, 0.29) is 12.1 Å². The minimum Gasteiger partial charge on any atom is -0.425 e. The van der Waals surface area contributed by atoms with Gasteiger partial charge in [-0.1, -0.05) is 60.7 Å². The molecule has 1 aliphatic rings. The van der Waals surface area contributed by atoms with E-state index >= 15 is 0 Å². The Kier molecular flexibility index (Phi) is 2.84. The molecule has 0 amide bonds. The topological polar surface area (TPSA) is 38.8 Å². The second-order valence-electron chi connectivity index (χ2n) is 4.54. The van der Waals surface area contributed by atoms with Gasteiger partial charge in [0.25, 0.3) is 5.79 Å². The number of ether oxygens (including phenoxy) is 2. The van der Waals surface area contributed by atoms with Crippen molar-refractivity contribution in [2.24, 2.45) is 0 Å². The normalized spacial score (nSPS) is 24.8. The molecule has 96 valence electrons. The quantitative estimate of drug-likeness (QED) is 0.623. The second-order valence-corrected chi connectivity index (χ2v) is 4.54. The molecule has 19 heavy (non-hydrogen) atoms. The van der Waals surface area contributed by atoms with E-state index in [1.54, 1.807) is 0 Å². The van der Waals surface area contributed by atoms with Gasteiger partial charge in [-0.25, -0.2) is 0 Å². The Bertz CT molecular complexity index is 579. The Balaban J connectivity index is 1.96. The molecule has 3 rings (SSSR count). The van der Waals surface area contributed by atoms with Crippen molar-refractivity contribution in [2.45, 2.75) is 18.8 Å². The van der Waals surface area contributed by atoms with Crippen LogP contribution in [0.5, 0.6) is 0 Å². The van der Waals surface area contributed by atoms with Gasteiger partial charge >= 0.3 is 5.97 Å². The van der Waals surface area contributed by atoms with Crippen molar-refractivity contribution in [1.82, 2.24) is 0 Å². The lowest BCUT2D eigenvalue weighted by atomic mass is 10.0. The van der Waals surface area contributed by atoms with Gasteiger partial charge < -0.3 is 9.47 Å². The highest BCUT2D eigenvalue weighted by molar-refractivity contribution is 5.67. The van der Waals surface area contributed by atoms with Crippen LogP contribution >= 0.6 is 0 Å². The Morgan fingerprint density at radius 3 is 2.21 bits per heavy atom. The number of carbonyl (C=O) groups is 1. The summed E-state index contributed by atoms with van der Waals surface area (Å²) in [7, 11) is 0. The van der Waals surface area contributed by atoms with E-state index in [1.165, 1.54) is 6.92 Å². The molecule has 3 nitrogen and oxygen atoms in total. The summed E-state index contributed by atoms with van der Waals surface area (Å²) >= 11 is 0. The van der Waals surface area contributed by atoms with Crippen LogP contribution in [0.25, 0.3) is 0 Å². The summed E-state index contributed by atoms with van der Waals surface area (Å²) in [5, 5.41) is 0. The molecule has 0 bridgehead atoms. The zero-order valence-electron chi connectivity index (χ0n) is 10.6. The molecule has 1 fully saturated rings. The average molecular weight is 254 g/mol. The van der Waals surface area contributed by atoms with E-state index in [4.69, 9.17) is 9.47 Å².